The number of carbonyl (C=O) groups excluding carboxylic acids is 2. The molecule has 1 aromatic rings. The fourth-order valence-electron chi connectivity index (χ4n) is 1.62. The predicted molar refractivity (Wildman–Crippen MR) is 80.3 cm³/mol. The van der Waals surface area contributed by atoms with Gasteiger partial charge in [0.2, 0.25) is 11.8 Å². The molecule has 0 bridgehead atoms. The maximum Gasteiger partial charge on any atom is 0.233 e. The van der Waals surface area contributed by atoms with E-state index in [0.29, 0.717) is 24.6 Å². The normalized spacial score (nSPS) is 10.3. The first-order valence-electron chi connectivity index (χ1n) is 6.84. The zero-order valence-corrected chi connectivity index (χ0v) is 12.6. The average Bonchev–Trinajstić information content (AvgIpc) is 2.40. The van der Waals surface area contributed by atoms with Crippen LogP contribution in [0.2, 0.25) is 0 Å². The molecule has 0 spiro atoms. The summed E-state index contributed by atoms with van der Waals surface area (Å²) in [5.74, 6) is -0.142. The second-order valence-electron chi connectivity index (χ2n) is 4.73. The summed E-state index contributed by atoms with van der Waals surface area (Å²) in [6.45, 7) is 4.61. The summed E-state index contributed by atoms with van der Waals surface area (Å²) in [5, 5.41) is 5.27. The molecule has 0 saturated heterocycles. The summed E-state index contributed by atoms with van der Waals surface area (Å²) in [6.07, 6.45) is -0.236. The highest BCUT2D eigenvalue weighted by atomic mass is 16.5. The Morgan fingerprint density at radius 1 is 1.19 bits per heavy atom. The first kappa shape index (κ1) is 17.0. The van der Waals surface area contributed by atoms with E-state index in [4.69, 9.17) is 9.47 Å². The van der Waals surface area contributed by atoms with Crippen LogP contribution in [0.15, 0.2) is 24.3 Å². The molecule has 1 rings (SSSR count). The summed E-state index contributed by atoms with van der Waals surface area (Å²) in [6, 6.07) is 7.12. The van der Waals surface area contributed by atoms with E-state index in [1.807, 2.05) is 19.9 Å². The first-order valence-corrected chi connectivity index (χ1v) is 6.84. The molecular weight excluding hydrogens is 272 g/mol. The van der Waals surface area contributed by atoms with E-state index >= 15 is 0 Å². The molecule has 0 fully saturated rings. The minimum absolute atomic E-state index is 0.000365. The molecule has 0 aliphatic heterocycles. The van der Waals surface area contributed by atoms with Gasteiger partial charge < -0.3 is 20.1 Å². The largest absolute Gasteiger partial charge is 0.489 e. The van der Waals surface area contributed by atoms with Gasteiger partial charge in [-0.15, -0.1) is 0 Å². The number of ether oxygens (including phenoxy) is 2. The molecule has 0 heterocycles. The first-order chi connectivity index (χ1) is 10.0. The third-order valence-corrected chi connectivity index (χ3v) is 2.47. The van der Waals surface area contributed by atoms with Gasteiger partial charge in [-0.05, 0) is 26.0 Å². The van der Waals surface area contributed by atoms with E-state index < -0.39 is 0 Å². The lowest BCUT2D eigenvalue weighted by Crippen LogP contribution is -2.30. The molecule has 2 amide bonds. The number of methoxy groups -OCH3 is 1. The van der Waals surface area contributed by atoms with Crippen LogP contribution in [0.4, 0.5) is 5.69 Å². The molecular formula is C15H22N2O4. The lowest BCUT2D eigenvalue weighted by atomic mass is 10.2. The molecule has 116 valence electrons. The average molecular weight is 294 g/mol. The highest BCUT2D eigenvalue weighted by Crippen LogP contribution is 2.24. The van der Waals surface area contributed by atoms with Crippen molar-refractivity contribution in [3.63, 3.8) is 0 Å². The smallest absolute Gasteiger partial charge is 0.233 e. The van der Waals surface area contributed by atoms with Crippen LogP contribution in [0, 0.1) is 0 Å². The quantitative estimate of drug-likeness (QED) is 0.563. The Balaban J connectivity index is 2.52. The Bertz CT molecular complexity index is 474. The molecule has 0 aromatic heterocycles. The molecule has 6 nitrogen and oxygen atoms in total. The van der Waals surface area contributed by atoms with E-state index in [1.165, 1.54) is 0 Å². The van der Waals surface area contributed by atoms with Crippen LogP contribution < -0.4 is 15.4 Å². The molecule has 0 unspecified atom stereocenters. The van der Waals surface area contributed by atoms with Gasteiger partial charge in [0, 0.05) is 13.7 Å². The standard InChI is InChI=1S/C15H22N2O4/c1-11(2)21-13-7-5-4-6-12(13)17-15(19)10-14(18)16-8-9-20-3/h4-7,11H,8-10H2,1-3H3,(H,16,18)(H,17,19). The molecule has 0 aliphatic rings. The molecule has 0 atom stereocenters. The second kappa shape index (κ2) is 8.97. The number of amides is 2. The Kier molecular flexibility index (Phi) is 7.25. The minimum atomic E-state index is -0.385. The van der Waals surface area contributed by atoms with Crippen molar-refractivity contribution in [2.45, 2.75) is 26.4 Å². The molecule has 2 N–H and O–H groups in total. The number of nitrogens with one attached hydrogen (secondary N) is 2. The van der Waals surface area contributed by atoms with E-state index in [2.05, 4.69) is 10.6 Å². The number of anilines is 1. The topological polar surface area (TPSA) is 76.7 Å². The number of rotatable bonds is 8. The van der Waals surface area contributed by atoms with Crippen molar-refractivity contribution in [2.24, 2.45) is 0 Å². The van der Waals surface area contributed by atoms with Crippen molar-refractivity contribution < 1.29 is 19.1 Å². The fraction of sp³-hybridized carbons (Fsp3) is 0.467. The minimum Gasteiger partial charge on any atom is -0.489 e. The van der Waals surface area contributed by atoms with Crippen LogP contribution in [0.5, 0.6) is 5.75 Å². The Labute approximate surface area is 124 Å². The van der Waals surface area contributed by atoms with Crippen LogP contribution >= 0.6 is 0 Å². The van der Waals surface area contributed by atoms with Crippen LogP contribution in [0.25, 0.3) is 0 Å². The van der Waals surface area contributed by atoms with Gasteiger partial charge in [-0.25, -0.2) is 0 Å². The SMILES string of the molecule is COCCNC(=O)CC(=O)Nc1ccccc1OC(C)C. The lowest BCUT2D eigenvalue weighted by Gasteiger charge is -2.14. The van der Waals surface area contributed by atoms with Gasteiger partial charge in [-0.3, -0.25) is 9.59 Å². The zero-order valence-electron chi connectivity index (χ0n) is 12.6. The maximum atomic E-state index is 11.8. The van der Waals surface area contributed by atoms with Crippen molar-refractivity contribution >= 4 is 17.5 Å². The Morgan fingerprint density at radius 2 is 1.90 bits per heavy atom. The fourth-order valence-corrected chi connectivity index (χ4v) is 1.62. The summed E-state index contributed by atoms with van der Waals surface area (Å²) in [5.41, 5.74) is 0.556. The van der Waals surface area contributed by atoms with Crippen molar-refractivity contribution in [1.82, 2.24) is 5.32 Å². The predicted octanol–water partition coefficient (Wildman–Crippen LogP) is 1.56. The molecule has 0 radical (unpaired) electrons. The van der Waals surface area contributed by atoms with Gasteiger partial charge in [0.25, 0.3) is 0 Å². The van der Waals surface area contributed by atoms with Gasteiger partial charge in [-0.1, -0.05) is 12.1 Å². The van der Waals surface area contributed by atoms with E-state index in [-0.39, 0.29) is 24.3 Å². The highest BCUT2D eigenvalue weighted by Gasteiger charge is 2.12. The van der Waals surface area contributed by atoms with Crippen LogP contribution in [-0.4, -0.2) is 38.2 Å². The van der Waals surface area contributed by atoms with E-state index in [0.717, 1.165) is 0 Å². The number of hydrogen-bond acceptors (Lipinski definition) is 4. The van der Waals surface area contributed by atoms with E-state index in [1.54, 1.807) is 25.3 Å². The van der Waals surface area contributed by atoms with Crippen molar-refractivity contribution in [2.75, 3.05) is 25.6 Å². The number of carbonyl (C=O) groups is 2. The molecule has 0 aliphatic carbocycles. The number of hydrogen-bond donors (Lipinski definition) is 2. The highest BCUT2D eigenvalue weighted by molar-refractivity contribution is 6.04. The van der Waals surface area contributed by atoms with Crippen LogP contribution in [0.3, 0.4) is 0 Å². The van der Waals surface area contributed by atoms with Gasteiger partial charge in [0.15, 0.2) is 0 Å². The van der Waals surface area contributed by atoms with Gasteiger partial charge in [-0.2, -0.15) is 0 Å². The molecule has 1 aromatic carbocycles. The summed E-state index contributed by atoms with van der Waals surface area (Å²) in [7, 11) is 1.55. The van der Waals surface area contributed by atoms with Gasteiger partial charge in [0.05, 0.1) is 18.4 Å². The van der Waals surface area contributed by atoms with Gasteiger partial charge in [0.1, 0.15) is 12.2 Å². The number of para-hydroxylation sites is 2. The maximum absolute atomic E-state index is 11.8. The zero-order chi connectivity index (χ0) is 15.7. The van der Waals surface area contributed by atoms with Crippen molar-refractivity contribution in [3.05, 3.63) is 24.3 Å². The van der Waals surface area contributed by atoms with Crippen LogP contribution in [0.1, 0.15) is 20.3 Å². The molecule has 21 heavy (non-hydrogen) atoms. The van der Waals surface area contributed by atoms with Crippen molar-refractivity contribution in [3.8, 4) is 5.75 Å². The Morgan fingerprint density at radius 3 is 2.57 bits per heavy atom. The number of benzene rings is 1. The third kappa shape index (κ3) is 6.76. The Hall–Kier alpha value is -2.08. The van der Waals surface area contributed by atoms with Crippen molar-refractivity contribution in [1.29, 1.82) is 0 Å². The summed E-state index contributed by atoms with van der Waals surface area (Å²) < 4.78 is 10.4. The lowest BCUT2D eigenvalue weighted by molar-refractivity contribution is -0.126. The van der Waals surface area contributed by atoms with Crippen LogP contribution in [-0.2, 0) is 14.3 Å². The van der Waals surface area contributed by atoms with Gasteiger partial charge >= 0.3 is 0 Å². The monoisotopic (exact) mass is 294 g/mol. The van der Waals surface area contributed by atoms with E-state index in [9.17, 15) is 9.59 Å². The summed E-state index contributed by atoms with van der Waals surface area (Å²) in [4.78, 5) is 23.4. The molecule has 6 heteroatoms. The summed E-state index contributed by atoms with van der Waals surface area (Å²) >= 11 is 0. The molecule has 0 saturated carbocycles. The third-order valence-electron chi connectivity index (χ3n) is 2.47. The second-order valence-corrected chi connectivity index (χ2v) is 4.73.